The van der Waals surface area contributed by atoms with Gasteiger partial charge in [-0.3, -0.25) is 9.69 Å². The number of anilines is 2. The molecule has 9 nitrogen and oxygen atoms in total. The number of rotatable bonds is 6. The fourth-order valence-corrected chi connectivity index (χ4v) is 3.69. The third-order valence-corrected chi connectivity index (χ3v) is 5.23. The van der Waals surface area contributed by atoms with Crippen molar-refractivity contribution < 1.29 is 28.2 Å². The van der Waals surface area contributed by atoms with Gasteiger partial charge in [-0.1, -0.05) is 6.92 Å². The molecule has 3 atom stereocenters. The van der Waals surface area contributed by atoms with E-state index in [9.17, 15) is 18.8 Å². The van der Waals surface area contributed by atoms with Crippen molar-refractivity contribution in [2.24, 2.45) is 5.92 Å². The SMILES string of the molecule is CCOC(=O)NC1CN(c2ccc(N3CC(CNC(C)=O)OC3=O)cc2F)CC1C. The van der Waals surface area contributed by atoms with Crippen molar-refractivity contribution >= 4 is 29.5 Å². The van der Waals surface area contributed by atoms with Crippen LogP contribution >= 0.6 is 0 Å². The lowest BCUT2D eigenvalue weighted by molar-refractivity contribution is -0.119. The molecule has 0 radical (unpaired) electrons. The second-order valence-electron chi connectivity index (χ2n) is 7.54. The third-order valence-electron chi connectivity index (χ3n) is 5.23. The van der Waals surface area contributed by atoms with E-state index in [0.29, 0.717) is 24.5 Å². The van der Waals surface area contributed by atoms with Gasteiger partial charge in [0.15, 0.2) is 0 Å². The summed E-state index contributed by atoms with van der Waals surface area (Å²) in [6.07, 6.45) is -1.54. The smallest absolute Gasteiger partial charge is 0.414 e. The van der Waals surface area contributed by atoms with Gasteiger partial charge in [-0.05, 0) is 31.0 Å². The molecular formula is C20H27FN4O5. The molecule has 30 heavy (non-hydrogen) atoms. The number of benzene rings is 1. The molecule has 0 spiro atoms. The van der Waals surface area contributed by atoms with Crippen LogP contribution < -0.4 is 20.4 Å². The van der Waals surface area contributed by atoms with E-state index in [2.05, 4.69) is 10.6 Å². The Bertz CT molecular complexity index is 820. The average molecular weight is 422 g/mol. The second-order valence-corrected chi connectivity index (χ2v) is 7.54. The molecule has 2 fully saturated rings. The largest absolute Gasteiger partial charge is 0.450 e. The van der Waals surface area contributed by atoms with Crippen LogP contribution in [0.15, 0.2) is 18.2 Å². The van der Waals surface area contributed by atoms with Crippen LogP contribution in [0, 0.1) is 11.7 Å². The van der Waals surface area contributed by atoms with Crippen LogP contribution in [0.1, 0.15) is 20.8 Å². The van der Waals surface area contributed by atoms with Gasteiger partial charge >= 0.3 is 12.2 Å². The first kappa shape index (κ1) is 21.7. The standard InChI is InChI=1S/C20H27FN4O5/c1-4-29-19(27)23-17-11-24(9-12(17)2)18-6-5-14(7-16(18)21)25-10-15(30-20(25)28)8-22-13(3)26/h5-7,12,15,17H,4,8-11H2,1-3H3,(H,22,26)(H,23,27). The zero-order valence-corrected chi connectivity index (χ0v) is 17.3. The minimum atomic E-state index is -0.578. The molecule has 2 aliphatic rings. The van der Waals surface area contributed by atoms with Gasteiger partial charge in [0, 0.05) is 20.0 Å². The molecular weight excluding hydrogens is 395 g/mol. The number of halogens is 1. The topological polar surface area (TPSA) is 100 Å². The molecule has 1 aromatic carbocycles. The fourth-order valence-electron chi connectivity index (χ4n) is 3.69. The summed E-state index contributed by atoms with van der Waals surface area (Å²) in [6.45, 7) is 6.87. The first-order valence-corrected chi connectivity index (χ1v) is 9.98. The number of carbonyl (C=O) groups excluding carboxylic acids is 3. The molecule has 164 valence electrons. The summed E-state index contributed by atoms with van der Waals surface area (Å²) in [5.74, 6) is -0.554. The maximum Gasteiger partial charge on any atom is 0.414 e. The van der Waals surface area contributed by atoms with Gasteiger partial charge in [0.1, 0.15) is 11.9 Å². The molecule has 2 heterocycles. The van der Waals surface area contributed by atoms with Crippen molar-refractivity contribution in [3.05, 3.63) is 24.0 Å². The summed E-state index contributed by atoms with van der Waals surface area (Å²) in [5, 5.41) is 5.42. The van der Waals surface area contributed by atoms with Crippen molar-refractivity contribution in [2.45, 2.75) is 32.9 Å². The number of ether oxygens (including phenoxy) is 2. The molecule has 0 saturated carbocycles. The van der Waals surface area contributed by atoms with E-state index in [1.807, 2.05) is 11.8 Å². The Morgan fingerprint density at radius 2 is 2.07 bits per heavy atom. The molecule has 3 amide bonds. The van der Waals surface area contributed by atoms with Crippen LogP contribution in [-0.2, 0) is 14.3 Å². The number of nitrogens with one attached hydrogen (secondary N) is 2. The Kier molecular flexibility index (Phi) is 6.63. The number of nitrogens with zero attached hydrogens (tertiary/aromatic N) is 2. The highest BCUT2D eigenvalue weighted by atomic mass is 19.1. The fraction of sp³-hybridized carbons (Fsp3) is 0.550. The van der Waals surface area contributed by atoms with Gasteiger partial charge in [0.05, 0.1) is 37.1 Å². The average Bonchev–Trinajstić information content (AvgIpc) is 3.22. The van der Waals surface area contributed by atoms with E-state index < -0.39 is 24.1 Å². The Hall–Kier alpha value is -3.04. The van der Waals surface area contributed by atoms with Crippen LogP contribution in [0.5, 0.6) is 0 Å². The third kappa shape index (κ3) is 4.92. The maximum absolute atomic E-state index is 14.9. The molecule has 2 saturated heterocycles. The highest BCUT2D eigenvalue weighted by molar-refractivity contribution is 5.90. The summed E-state index contributed by atoms with van der Waals surface area (Å²) in [4.78, 5) is 38.1. The number of cyclic esters (lactones) is 1. The van der Waals surface area contributed by atoms with E-state index in [4.69, 9.17) is 9.47 Å². The summed E-state index contributed by atoms with van der Waals surface area (Å²) < 4.78 is 25.0. The lowest BCUT2D eigenvalue weighted by Gasteiger charge is -2.21. The van der Waals surface area contributed by atoms with E-state index in [0.717, 1.165) is 0 Å². The van der Waals surface area contributed by atoms with Gasteiger partial charge in [-0.2, -0.15) is 0 Å². The second kappa shape index (κ2) is 9.19. The molecule has 0 bridgehead atoms. The van der Waals surface area contributed by atoms with Crippen LogP contribution in [0.3, 0.4) is 0 Å². The molecule has 0 aromatic heterocycles. The highest BCUT2D eigenvalue weighted by Crippen LogP contribution is 2.31. The Morgan fingerprint density at radius 3 is 2.73 bits per heavy atom. The highest BCUT2D eigenvalue weighted by Gasteiger charge is 2.35. The molecule has 1 aromatic rings. The Morgan fingerprint density at radius 1 is 1.30 bits per heavy atom. The number of carbonyl (C=O) groups is 3. The predicted molar refractivity (Wildman–Crippen MR) is 108 cm³/mol. The zero-order valence-electron chi connectivity index (χ0n) is 17.3. The van der Waals surface area contributed by atoms with E-state index in [-0.39, 0.29) is 37.6 Å². The summed E-state index contributed by atoms with van der Waals surface area (Å²) in [5.41, 5.74) is 0.793. The van der Waals surface area contributed by atoms with Crippen molar-refractivity contribution in [1.82, 2.24) is 10.6 Å². The van der Waals surface area contributed by atoms with Gasteiger partial charge in [0.2, 0.25) is 5.91 Å². The number of alkyl carbamates (subject to hydrolysis) is 1. The van der Waals surface area contributed by atoms with Crippen molar-refractivity contribution in [2.75, 3.05) is 42.6 Å². The minimum Gasteiger partial charge on any atom is -0.450 e. The van der Waals surface area contributed by atoms with E-state index >= 15 is 0 Å². The first-order valence-electron chi connectivity index (χ1n) is 9.98. The Balaban J connectivity index is 1.65. The van der Waals surface area contributed by atoms with E-state index in [1.54, 1.807) is 19.1 Å². The Labute approximate surface area is 174 Å². The van der Waals surface area contributed by atoms with Crippen molar-refractivity contribution in [3.8, 4) is 0 Å². The summed E-state index contributed by atoms with van der Waals surface area (Å²) in [7, 11) is 0. The van der Waals surface area contributed by atoms with Crippen molar-refractivity contribution in [3.63, 3.8) is 0 Å². The molecule has 3 rings (SSSR count). The minimum absolute atomic E-state index is 0.122. The van der Waals surface area contributed by atoms with E-state index in [1.165, 1.54) is 17.9 Å². The normalized spacial score (nSPS) is 23.3. The number of amides is 3. The summed E-state index contributed by atoms with van der Waals surface area (Å²) >= 11 is 0. The number of hydrogen-bond donors (Lipinski definition) is 2. The first-order chi connectivity index (χ1) is 14.3. The van der Waals surface area contributed by atoms with Crippen molar-refractivity contribution in [1.29, 1.82) is 0 Å². The maximum atomic E-state index is 14.9. The zero-order chi connectivity index (χ0) is 21.8. The van der Waals surface area contributed by atoms with Crippen LogP contribution in [0.2, 0.25) is 0 Å². The quantitative estimate of drug-likeness (QED) is 0.726. The van der Waals surface area contributed by atoms with Crippen LogP contribution in [0.4, 0.5) is 25.4 Å². The monoisotopic (exact) mass is 422 g/mol. The van der Waals surface area contributed by atoms with Crippen LogP contribution in [-0.4, -0.2) is 63.0 Å². The van der Waals surface area contributed by atoms with Gasteiger partial charge < -0.3 is 25.0 Å². The lowest BCUT2D eigenvalue weighted by atomic mass is 10.1. The lowest BCUT2D eigenvalue weighted by Crippen LogP contribution is -2.40. The van der Waals surface area contributed by atoms with Gasteiger partial charge in [0.25, 0.3) is 0 Å². The molecule has 0 aliphatic carbocycles. The molecule has 3 unspecified atom stereocenters. The van der Waals surface area contributed by atoms with Gasteiger partial charge in [-0.25, -0.2) is 14.0 Å². The van der Waals surface area contributed by atoms with Crippen LogP contribution in [0.25, 0.3) is 0 Å². The predicted octanol–water partition coefficient (Wildman–Crippen LogP) is 1.86. The molecule has 10 heteroatoms. The molecule has 2 N–H and O–H groups in total. The molecule has 2 aliphatic heterocycles. The summed E-state index contributed by atoms with van der Waals surface area (Å²) in [6, 6.07) is 4.44. The van der Waals surface area contributed by atoms with Gasteiger partial charge in [-0.15, -0.1) is 0 Å². The number of hydrogen-bond acceptors (Lipinski definition) is 6.